The fourth-order valence-corrected chi connectivity index (χ4v) is 2.63. The molecular formula is C20H19FN4O. The van der Waals surface area contributed by atoms with E-state index in [2.05, 4.69) is 15.3 Å². The molecule has 0 atom stereocenters. The number of anilines is 3. The summed E-state index contributed by atoms with van der Waals surface area (Å²) in [5.74, 6) is -0.144. The molecule has 0 saturated carbocycles. The van der Waals surface area contributed by atoms with Crippen molar-refractivity contribution in [2.24, 2.45) is 0 Å². The van der Waals surface area contributed by atoms with E-state index in [1.54, 1.807) is 23.1 Å². The van der Waals surface area contributed by atoms with Gasteiger partial charge in [0.1, 0.15) is 23.7 Å². The lowest BCUT2D eigenvalue weighted by Crippen LogP contribution is -2.31. The van der Waals surface area contributed by atoms with E-state index in [9.17, 15) is 9.18 Å². The van der Waals surface area contributed by atoms with Crippen LogP contribution in [0.5, 0.6) is 0 Å². The highest BCUT2D eigenvalue weighted by atomic mass is 19.1. The second kappa shape index (κ2) is 7.74. The molecule has 0 aliphatic heterocycles. The van der Waals surface area contributed by atoms with E-state index in [0.717, 1.165) is 11.3 Å². The summed E-state index contributed by atoms with van der Waals surface area (Å²) in [5.41, 5.74) is 2.70. The summed E-state index contributed by atoms with van der Waals surface area (Å²) in [6.07, 6.45) is 1.32. The van der Waals surface area contributed by atoms with Crippen molar-refractivity contribution in [1.82, 2.24) is 9.97 Å². The quantitative estimate of drug-likeness (QED) is 0.744. The number of nitrogens with one attached hydrogen (secondary N) is 1. The molecule has 0 bridgehead atoms. The van der Waals surface area contributed by atoms with Crippen molar-refractivity contribution in [3.63, 3.8) is 0 Å². The van der Waals surface area contributed by atoms with Gasteiger partial charge < -0.3 is 10.2 Å². The Morgan fingerprint density at radius 2 is 1.92 bits per heavy atom. The Labute approximate surface area is 151 Å². The number of aromatic nitrogens is 2. The van der Waals surface area contributed by atoms with E-state index in [0.29, 0.717) is 18.1 Å². The van der Waals surface area contributed by atoms with Gasteiger partial charge in [-0.2, -0.15) is 0 Å². The Hall–Kier alpha value is -3.28. The summed E-state index contributed by atoms with van der Waals surface area (Å²) in [7, 11) is 0. The molecular weight excluding hydrogens is 331 g/mol. The first kappa shape index (κ1) is 17.5. The number of hydrogen-bond donors (Lipinski definition) is 1. The lowest BCUT2D eigenvalue weighted by molar-refractivity contribution is 0.0983. The van der Waals surface area contributed by atoms with E-state index in [4.69, 9.17) is 0 Å². The van der Waals surface area contributed by atoms with E-state index >= 15 is 0 Å². The maximum absolute atomic E-state index is 13.3. The molecule has 2 aromatic carbocycles. The zero-order chi connectivity index (χ0) is 18.5. The zero-order valence-corrected chi connectivity index (χ0v) is 14.6. The van der Waals surface area contributed by atoms with Gasteiger partial charge in [0.05, 0.1) is 0 Å². The van der Waals surface area contributed by atoms with Crippen LogP contribution in [-0.4, -0.2) is 22.4 Å². The van der Waals surface area contributed by atoms with Gasteiger partial charge in [-0.1, -0.05) is 18.2 Å². The number of hydrogen-bond acceptors (Lipinski definition) is 4. The molecule has 0 unspecified atom stereocenters. The minimum absolute atomic E-state index is 0.220. The fraction of sp³-hybridized carbons (Fsp3) is 0.150. The van der Waals surface area contributed by atoms with Gasteiger partial charge in [0.2, 0.25) is 0 Å². The van der Waals surface area contributed by atoms with Gasteiger partial charge in [0.15, 0.2) is 0 Å². The smallest absolute Gasteiger partial charge is 0.277 e. The monoisotopic (exact) mass is 350 g/mol. The number of carbonyl (C=O) groups is 1. The van der Waals surface area contributed by atoms with Crippen molar-refractivity contribution < 1.29 is 9.18 Å². The van der Waals surface area contributed by atoms with Crippen molar-refractivity contribution in [3.8, 4) is 0 Å². The molecule has 0 saturated heterocycles. The highest BCUT2D eigenvalue weighted by Crippen LogP contribution is 2.20. The number of nitrogens with zero attached hydrogens (tertiary/aromatic N) is 3. The van der Waals surface area contributed by atoms with Gasteiger partial charge in [-0.15, -0.1) is 0 Å². The molecule has 0 aliphatic carbocycles. The Bertz CT molecular complexity index is 929. The maximum atomic E-state index is 13.3. The molecule has 0 aliphatic rings. The van der Waals surface area contributed by atoms with Crippen LogP contribution in [0.25, 0.3) is 0 Å². The average Bonchev–Trinajstić information content (AvgIpc) is 2.62. The normalized spacial score (nSPS) is 10.4. The fourth-order valence-electron chi connectivity index (χ4n) is 2.63. The summed E-state index contributed by atoms with van der Waals surface area (Å²) in [5, 5.41) is 2.98. The van der Waals surface area contributed by atoms with Crippen molar-refractivity contribution >= 4 is 23.1 Å². The van der Waals surface area contributed by atoms with Gasteiger partial charge in [0, 0.05) is 24.0 Å². The average molecular weight is 350 g/mol. The lowest BCUT2D eigenvalue weighted by atomic mass is 10.2. The topological polar surface area (TPSA) is 58.1 Å². The zero-order valence-electron chi connectivity index (χ0n) is 14.6. The van der Waals surface area contributed by atoms with Gasteiger partial charge in [-0.3, -0.25) is 4.79 Å². The van der Waals surface area contributed by atoms with Crippen LogP contribution in [0.1, 0.15) is 23.0 Å². The first-order valence-corrected chi connectivity index (χ1v) is 8.30. The Morgan fingerprint density at radius 3 is 2.65 bits per heavy atom. The predicted octanol–water partition coefficient (Wildman–Crippen LogP) is 4.33. The minimum Gasteiger partial charge on any atom is -0.340 e. The second-order valence-corrected chi connectivity index (χ2v) is 5.81. The van der Waals surface area contributed by atoms with Crippen molar-refractivity contribution in [1.29, 1.82) is 0 Å². The van der Waals surface area contributed by atoms with Crippen LogP contribution in [0.15, 0.2) is 60.9 Å². The number of carbonyl (C=O) groups excluding carboxylic acids is 1. The highest BCUT2D eigenvalue weighted by molar-refractivity contribution is 6.05. The van der Waals surface area contributed by atoms with Crippen LogP contribution < -0.4 is 10.2 Å². The standard InChI is InChI=1S/C20H19FN4O/c1-3-25(17-9-4-6-14(2)10-17)20(26)18-12-19(23-13-22-18)24-16-8-5-7-15(21)11-16/h4-13H,3H2,1-2H3,(H,22,23,24). The van der Waals surface area contributed by atoms with Crippen LogP contribution in [0.4, 0.5) is 21.6 Å². The summed E-state index contributed by atoms with van der Waals surface area (Å²) >= 11 is 0. The molecule has 0 radical (unpaired) electrons. The van der Waals surface area contributed by atoms with Crippen LogP contribution in [-0.2, 0) is 0 Å². The Balaban J connectivity index is 1.85. The van der Waals surface area contributed by atoms with E-state index in [1.807, 2.05) is 38.1 Å². The van der Waals surface area contributed by atoms with Crippen molar-refractivity contribution in [2.45, 2.75) is 13.8 Å². The lowest BCUT2D eigenvalue weighted by Gasteiger charge is -2.21. The highest BCUT2D eigenvalue weighted by Gasteiger charge is 2.18. The molecule has 3 rings (SSSR count). The molecule has 132 valence electrons. The molecule has 3 aromatic rings. The third-order valence-electron chi connectivity index (χ3n) is 3.86. The molecule has 0 fully saturated rings. The number of benzene rings is 2. The minimum atomic E-state index is -0.350. The van der Waals surface area contributed by atoms with Gasteiger partial charge >= 0.3 is 0 Å². The molecule has 1 amide bonds. The molecule has 1 N–H and O–H groups in total. The van der Waals surface area contributed by atoms with Crippen molar-refractivity contribution in [3.05, 3.63) is 78.0 Å². The number of aryl methyl sites for hydroxylation is 1. The van der Waals surface area contributed by atoms with Crippen LogP contribution in [0.2, 0.25) is 0 Å². The largest absolute Gasteiger partial charge is 0.340 e. The summed E-state index contributed by atoms with van der Waals surface area (Å²) < 4.78 is 13.3. The van der Waals surface area contributed by atoms with E-state index in [1.165, 1.54) is 18.5 Å². The first-order chi connectivity index (χ1) is 12.6. The van der Waals surface area contributed by atoms with E-state index < -0.39 is 0 Å². The maximum Gasteiger partial charge on any atom is 0.277 e. The number of halogens is 1. The van der Waals surface area contributed by atoms with Crippen LogP contribution in [0, 0.1) is 12.7 Å². The summed E-state index contributed by atoms with van der Waals surface area (Å²) in [6.45, 7) is 4.40. The molecule has 26 heavy (non-hydrogen) atoms. The van der Waals surface area contributed by atoms with Gasteiger partial charge in [0.25, 0.3) is 5.91 Å². The SMILES string of the molecule is CCN(C(=O)c1cc(Nc2cccc(F)c2)ncn1)c1cccc(C)c1. The third kappa shape index (κ3) is 4.03. The van der Waals surface area contributed by atoms with Gasteiger partial charge in [-0.05, 0) is 49.7 Å². The summed E-state index contributed by atoms with van der Waals surface area (Å²) in [4.78, 5) is 22.8. The van der Waals surface area contributed by atoms with Crippen molar-refractivity contribution in [2.75, 3.05) is 16.8 Å². The van der Waals surface area contributed by atoms with E-state index in [-0.39, 0.29) is 17.4 Å². The molecule has 1 aromatic heterocycles. The van der Waals surface area contributed by atoms with Crippen LogP contribution in [0.3, 0.4) is 0 Å². The summed E-state index contributed by atoms with van der Waals surface area (Å²) in [6, 6.07) is 15.3. The third-order valence-corrected chi connectivity index (χ3v) is 3.86. The number of amides is 1. The predicted molar refractivity (Wildman–Crippen MR) is 100 cm³/mol. The molecule has 5 nitrogen and oxygen atoms in total. The number of rotatable bonds is 5. The molecule has 0 spiro atoms. The van der Waals surface area contributed by atoms with Crippen LogP contribution >= 0.6 is 0 Å². The van der Waals surface area contributed by atoms with Gasteiger partial charge in [-0.25, -0.2) is 14.4 Å². The first-order valence-electron chi connectivity index (χ1n) is 8.30. The second-order valence-electron chi connectivity index (χ2n) is 5.81. The molecule has 6 heteroatoms. The Morgan fingerprint density at radius 1 is 1.12 bits per heavy atom. The Kier molecular flexibility index (Phi) is 5.22. The molecule has 1 heterocycles.